The second-order valence-electron chi connectivity index (χ2n) is 4.33. The molecule has 1 N–H and O–H groups in total. The summed E-state index contributed by atoms with van der Waals surface area (Å²) in [6.07, 6.45) is 1.81. The Labute approximate surface area is 102 Å². The smallest absolute Gasteiger partial charge is 0.0654 e. The zero-order chi connectivity index (χ0) is 12.4. The summed E-state index contributed by atoms with van der Waals surface area (Å²) in [5, 5.41) is 7.63. The van der Waals surface area contributed by atoms with E-state index in [1.54, 1.807) is 0 Å². The normalized spacial score (nSPS) is 12.5. The van der Waals surface area contributed by atoms with E-state index in [2.05, 4.69) is 28.4 Å². The summed E-state index contributed by atoms with van der Waals surface area (Å²) in [4.78, 5) is 4.45. The van der Waals surface area contributed by atoms with Crippen molar-refractivity contribution >= 4 is 5.69 Å². The van der Waals surface area contributed by atoms with E-state index in [0.717, 1.165) is 22.8 Å². The minimum Gasteiger partial charge on any atom is -0.375 e. The molecule has 0 amide bonds. The van der Waals surface area contributed by atoms with Gasteiger partial charge in [-0.3, -0.25) is 9.67 Å². The molecular weight excluding hydrogens is 212 g/mol. The Morgan fingerprint density at radius 3 is 2.59 bits per heavy atom. The maximum atomic E-state index is 4.45. The van der Waals surface area contributed by atoms with Gasteiger partial charge in [0, 0.05) is 18.9 Å². The van der Waals surface area contributed by atoms with Crippen LogP contribution in [0.2, 0.25) is 0 Å². The number of rotatable bonds is 3. The first-order valence-electron chi connectivity index (χ1n) is 5.76. The number of aromatic nitrogens is 3. The minimum atomic E-state index is 0.214. The van der Waals surface area contributed by atoms with E-state index in [0.29, 0.717) is 0 Å². The van der Waals surface area contributed by atoms with Gasteiger partial charge in [0.2, 0.25) is 0 Å². The molecule has 0 aliphatic heterocycles. The Balaban J connectivity index is 2.19. The lowest BCUT2D eigenvalue weighted by Gasteiger charge is -2.17. The molecule has 0 aromatic carbocycles. The molecule has 4 heteroatoms. The summed E-state index contributed by atoms with van der Waals surface area (Å²) in [6.45, 7) is 6.14. The number of hydrogen-bond acceptors (Lipinski definition) is 3. The third-order valence-electron chi connectivity index (χ3n) is 2.90. The van der Waals surface area contributed by atoms with Gasteiger partial charge in [-0.05, 0) is 39.0 Å². The molecule has 2 rings (SSSR count). The molecule has 2 heterocycles. The fourth-order valence-electron chi connectivity index (χ4n) is 1.96. The average Bonchev–Trinajstić information content (AvgIpc) is 2.68. The van der Waals surface area contributed by atoms with Gasteiger partial charge in [-0.2, -0.15) is 5.10 Å². The van der Waals surface area contributed by atoms with E-state index < -0.39 is 0 Å². The average molecular weight is 230 g/mol. The molecule has 2 aromatic rings. The first kappa shape index (κ1) is 11.6. The highest BCUT2D eigenvalue weighted by molar-refractivity contribution is 5.49. The van der Waals surface area contributed by atoms with E-state index in [1.807, 2.05) is 43.9 Å². The van der Waals surface area contributed by atoms with Gasteiger partial charge in [-0.1, -0.05) is 0 Å². The Hall–Kier alpha value is -1.84. The largest absolute Gasteiger partial charge is 0.375 e. The van der Waals surface area contributed by atoms with Crippen molar-refractivity contribution in [1.29, 1.82) is 0 Å². The molecule has 1 unspecified atom stereocenters. The minimum absolute atomic E-state index is 0.214. The molecule has 4 nitrogen and oxygen atoms in total. The third kappa shape index (κ3) is 2.46. The highest BCUT2D eigenvalue weighted by Gasteiger charge is 2.10. The second kappa shape index (κ2) is 4.57. The number of aryl methyl sites for hydroxylation is 3. The zero-order valence-corrected chi connectivity index (χ0v) is 10.7. The summed E-state index contributed by atoms with van der Waals surface area (Å²) in [5.74, 6) is 0. The molecule has 2 aromatic heterocycles. The van der Waals surface area contributed by atoms with Crippen LogP contribution in [0.25, 0.3) is 0 Å². The van der Waals surface area contributed by atoms with Gasteiger partial charge < -0.3 is 5.32 Å². The predicted octanol–water partition coefficient (Wildman–Crippen LogP) is 2.61. The fraction of sp³-hybridized carbons (Fsp3) is 0.385. The number of hydrogen-bond donors (Lipinski definition) is 1. The fourth-order valence-corrected chi connectivity index (χ4v) is 1.96. The molecule has 0 fully saturated rings. The SMILES string of the molecule is Cc1ccc(NC(C)c2ccnn2C)c(C)n1. The van der Waals surface area contributed by atoms with Gasteiger partial charge in [0.05, 0.1) is 23.1 Å². The van der Waals surface area contributed by atoms with Crippen LogP contribution in [0.4, 0.5) is 5.69 Å². The van der Waals surface area contributed by atoms with Crippen molar-refractivity contribution in [1.82, 2.24) is 14.8 Å². The van der Waals surface area contributed by atoms with Crippen LogP contribution < -0.4 is 5.32 Å². The van der Waals surface area contributed by atoms with Crippen LogP contribution in [0, 0.1) is 13.8 Å². The number of nitrogens with zero attached hydrogens (tertiary/aromatic N) is 3. The Morgan fingerprint density at radius 1 is 1.24 bits per heavy atom. The number of anilines is 1. The first-order chi connectivity index (χ1) is 8.08. The van der Waals surface area contributed by atoms with Crippen molar-refractivity contribution in [2.24, 2.45) is 7.05 Å². The van der Waals surface area contributed by atoms with Crippen molar-refractivity contribution in [3.63, 3.8) is 0 Å². The van der Waals surface area contributed by atoms with Crippen molar-refractivity contribution in [3.8, 4) is 0 Å². The maximum Gasteiger partial charge on any atom is 0.0654 e. The van der Waals surface area contributed by atoms with Crippen LogP contribution >= 0.6 is 0 Å². The van der Waals surface area contributed by atoms with Crippen molar-refractivity contribution in [3.05, 3.63) is 41.5 Å². The highest BCUT2D eigenvalue weighted by Crippen LogP contribution is 2.20. The van der Waals surface area contributed by atoms with Crippen molar-refractivity contribution < 1.29 is 0 Å². The molecule has 0 aliphatic carbocycles. The molecular formula is C13H18N4. The quantitative estimate of drug-likeness (QED) is 0.881. The Morgan fingerprint density at radius 2 is 2.00 bits per heavy atom. The standard InChI is InChI=1S/C13H18N4/c1-9-5-6-12(10(2)15-9)16-11(3)13-7-8-14-17(13)4/h5-8,11,16H,1-4H3. The van der Waals surface area contributed by atoms with Gasteiger partial charge >= 0.3 is 0 Å². The van der Waals surface area contributed by atoms with Gasteiger partial charge in [0.1, 0.15) is 0 Å². The maximum absolute atomic E-state index is 4.45. The van der Waals surface area contributed by atoms with Crippen molar-refractivity contribution in [2.75, 3.05) is 5.32 Å². The van der Waals surface area contributed by atoms with Gasteiger partial charge in [0.15, 0.2) is 0 Å². The van der Waals surface area contributed by atoms with Crippen LogP contribution in [0.15, 0.2) is 24.4 Å². The molecule has 0 bridgehead atoms. The van der Waals surface area contributed by atoms with E-state index in [-0.39, 0.29) is 6.04 Å². The summed E-state index contributed by atoms with van der Waals surface area (Å²) in [5.41, 5.74) is 4.30. The Bertz CT molecular complexity index is 516. The summed E-state index contributed by atoms with van der Waals surface area (Å²) < 4.78 is 1.88. The second-order valence-corrected chi connectivity index (χ2v) is 4.33. The summed E-state index contributed by atoms with van der Waals surface area (Å²) in [6, 6.07) is 6.33. The van der Waals surface area contributed by atoms with Crippen molar-refractivity contribution in [2.45, 2.75) is 26.8 Å². The molecule has 0 saturated heterocycles. The van der Waals surface area contributed by atoms with E-state index in [9.17, 15) is 0 Å². The van der Waals surface area contributed by atoms with Crippen LogP contribution in [0.3, 0.4) is 0 Å². The van der Waals surface area contributed by atoms with Crippen LogP contribution in [0.5, 0.6) is 0 Å². The summed E-state index contributed by atoms with van der Waals surface area (Å²) >= 11 is 0. The number of nitrogens with one attached hydrogen (secondary N) is 1. The first-order valence-corrected chi connectivity index (χ1v) is 5.76. The molecule has 0 spiro atoms. The highest BCUT2D eigenvalue weighted by atomic mass is 15.3. The van der Waals surface area contributed by atoms with E-state index in [4.69, 9.17) is 0 Å². The molecule has 0 aliphatic rings. The molecule has 0 saturated carbocycles. The van der Waals surface area contributed by atoms with E-state index >= 15 is 0 Å². The lowest BCUT2D eigenvalue weighted by atomic mass is 10.2. The van der Waals surface area contributed by atoms with Gasteiger partial charge in [-0.15, -0.1) is 0 Å². The van der Waals surface area contributed by atoms with Crippen LogP contribution in [-0.4, -0.2) is 14.8 Å². The summed E-state index contributed by atoms with van der Waals surface area (Å²) in [7, 11) is 1.95. The topological polar surface area (TPSA) is 42.7 Å². The molecule has 1 atom stereocenters. The predicted molar refractivity (Wildman–Crippen MR) is 69.0 cm³/mol. The molecule has 17 heavy (non-hydrogen) atoms. The molecule has 90 valence electrons. The molecule has 0 radical (unpaired) electrons. The third-order valence-corrected chi connectivity index (χ3v) is 2.90. The lowest BCUT2D eigenvalue weighted by Crippen LogP contribution is -2.12. The van der Waals surface area contributed by atoms with Crippen LogP contribution in [-0.2, 0) is 7.05 Å². The zero-order valence-electron chi connectivity index (χ0n) is 10.7. The monoisotopic (exact) mass is 230 g/mol. The van der Waals surface area contributed by atoms with Gasteiger partial charge in [-0.25, -0.2) is 0 Å². The Kier molecular flexibility index (Phi) is 3.13. The van der Waals surface area contributed by atoms with E-state index in [1.165, 1.54) is 0 Å². The lowest BCUT2D eigenvalue weighted by molar-refractivity contribution is 0.675. The van der Waals surface area contributed by atoms with Gasteiger partial charge in [0.25, 0.3) is 0 Å². The number of pyridine rings is 1. The van der Waals surface area contributed by atoms with Crippen LogP contribution in [0.1, 0.15) is 30.0 Å².